The molecule has 1 N–H and O–H groups in total. The first-order chi connectivity index (χ1) is 10.0. The summed E-state index contributed by atoms with van der Waals surface area (Å²) in [5, 5.41) is 2.82. The standard InChI is InChI=1S/C15H26BFN2O3/c1-14(2)15(3,4)22-16(21-14)12(17)11-7-10(8-11)9-18-13(20)19(5)6/h10H,7-9H2,1-6H3,(H,18,20). The normalized spacial score (nSPS) is 25.7. The van der Waals surface area contributed by atoms with Crippen molar-refractivity contribution in [3.8, 4) is 0 Å². The minimum atomic E-state index is -0.905. The molecule has 2 aliphatic rings. The summed E-state index contributed by atoms with van der Waals surface area (Å²) in [5.41, 5.74) is -0.618. The van der Waals surface area contributed by atoms with Gasteiger partial charge in [0, 0.05) is 20.6 Å². The van der Waals surface area contributed by atoms with Gasteiger partial charge >= 0.3 is 13.1 Å². The Kier molecular flexibility index (Phi) is 4.60. The molecule has 0 radical (unpaired) electrons. The van der Waals surface area contributed by atoms with E-state index >= 15 is 0 Å². The molecular weight excluding hydrogens is 286 g/mol. The Balaban J connectivity index is 1.86. The van der Waals surface area contributed by atoms with Crippen molar-refractivity contribution < 1.29 is 18.5 Å². The Hall–Kier alpha value is -1.08. The number of allylic oxidation sites excluding steroid dienone is 1. The molecule has 1 heterocycles. The van der Waals surface area contributed by atoms with Gasteiger partial charge in [-0.15, -0.1) is 0 Å². The molecule has 0 aromatic carbocycles. The van der Waals surface area contributed by atoms with Gasteiger partial charge in [0.25, 0.3) is 0 Å². The van der Waals surface area contributed by atoms with Crippen LogP contribution in [0.3, 0.4) is 0 Å². The van der Waals surface area contributed by atoms with Crippen molar-refractivity contribution in [2.24, 2.45) is 5.92 Å². The molecule has 2 rings (SSSR count). The van der Waals surface area contributed by atoms with E-state index in [0.717, 1.165) is 5.57 Å². The number of nitrogens with one attached hydrogen (secondary N) is 1. The number of urea groups is 1. The van der Waals surface area contributed by atoms with E-state index in [9.17, 15) is 9.18 Å². The van der Waals surface area contributed by atoms with Crippen LogP contribution in [0.25, 0.3) is 0 Å². The van der Waals surface area contributed by atoms with Crippen molar-refractivity contribution in [2.45, 2.75) is 51.7 Å². The van der Waals surface area contributed by atoms with E-state index in [0.29, 0.717) is 19.4 Å². The van der Waals surface area contributed by atoms with Gasteiger partial charge in [0.15, 0.2) is 0 Å². The summed E-state index contributed by atoms with van der Waals surface area (Å²) in [6, 6.07) is -0.121. The van der Waals surface area contributed by atoms with Gasteiger partial charge in [0.05, 0.1) is 11.2 Å². The topological polar surface area (TPSA) is 50.8 Å². The highest BCUT2D eigenvalue weighted by molar-refractivity contribution is 6.53. The van der Waals surface area contributed by atoms with Crippen molar-refractivity contribution >= 4 is 13.1 Å². The first-order valence-corrected chi connectivity index (χ1v) is 7.71. The van der Waals surface area contributed by atoms with Gasteiger partial charge in [0.1, 0.15) is 5.73 Å². The van der Waals surface area contributed by atoms with Crippen LogP contribution in [-0.4, -0.2) is 49.9 Å². The molecule has 2 amide bonds. The molecule has 22 heavy (non-hydrogen) atoms. The molecule has 1 saturated heterocycles. The maximum atomic E-state index is 14.5. The molecule has 0 spiro atoms. The second-order valence-corrected chi connectivity index (χ2v) is 7.39. The zero-order valence-corrected chi connectivity index (χ0v) is 14.3. The summed E-state index contributed by atoms with van der Waals surface area (Å²) in [4.78, 5) is 12.9. The molecular formula is C15H26BFN2O3. The average Bonchev–Trinajstić information content (AvgIpc) is 2.55. The lowest BCUT2D eigenvalue weighted by molar-refractivity contribution is 0.00578. The summed E-state index contributed by atoms with van der Waals surface area (Å²) in [5.74, 6) is 0.284. The van der Waals surface area contributed by atoms with E-state index in [1.54, 1.807) is 14.1 Å². The van der Waals surface area contributed by atoms with Crippen LogP contribution >= 0.6 is 0 Å². The van der Waals surface area contributed by atoms with Crippen LogP contribution in [0.15, 0.2) is 11.3 Å². The van der Waals surface area contributed by atoms with E-state index in [1.165, 1.54) is 4.90 Å². The number of amides is 2. The van der Waals surface area contributed by atoms with E-state index in [1.807, 2.05) is 27.7 Å². The summed E-state index contributed by atoms with van der Waals surface area (Å²) < 4.78 is 25.9. The molecule has 2 fully saturated rings. The molecule has 5 nitrogen and oxygen atoms in total. The first kappa shape index (κ1) is 17.3. The van der Waals surface area contributed by atoms with Gasteiger partial charge in [-0.05, 0) is 52.0 Å². The summed E-state index contributed by atoms with van der Waals surface area (Å²) in [7, 11) is 2.48. The van der Waals surface area contributed by atoms with Crippen molar-refractivity contribution in [3.05, 3.63) is 11.3 Å². The van der Waals surface area contributed by atoms with Crippen LogP contribution < -0.4 is 5.32 Å². The maximum absolute atomic E-state index is 14.5. The number of carbonyl (C=O) groups is 1. The van der Waals surface area contributed by atoms with Gasteiger partial charge in [-0.1, -0.05) is 0 Å². The lowest BCUT2D eigenvalue weighted by atomic mass is 9.72. The van der Waals surface area contributed by atoms with E-state index in [4.69, 9.17) is 9.31 Å². The van der Waals surface area contributed by atoms with E-state index in [2.05, 4.69) is 5.32 Å². The minimum Gasteiger partial charge on any atom is -0.398 e. The Morgan fingerprint density at radius 3 is 2.23 bits per heavy atom. The Labute approximate surface area is 132 Å². The van der Waals surface area contributed by atoms with Crippen LogP contribution in [0.4, 0.5) is 9.18 Å². The van der Waals surface area contributed by atoms with Crippen LogP contribution in [0.5, 0.6) is 0 Å². The van der Waals surface area contributed by atoms with Gasteiger partial charge in [-0.3, -0.25) is 0 Å². The molecule has 0 bridgehead atoms. The lowest BCUT2D eigenvalue weighted by Crippen LogP contribution is -2.41. The predicted octanol–water partition coefficient (Wildman–Crippen LogP) is 2.52. The number of halogens is 1. The predicted molar refractivity (Wildman–Crippen MR) is 84.0 cm³/mol. The third-order valence-electron chi connectivity index (χ3n) is 4.82. The van der Waals surface area contributed by atoms with Crippen LogP contribution in [0.2, 0.25) is 0 Å². The van der Waals surface area contributed by atoms with Crippen LogP contribution in [0, 0.1) is 5.92 Å². The largest absolute Gasteiger partial charge is 0.525 e. The van der Waals surface area contributed by atoms with Crippen molar-refractivity contribution in [1.82, 2.24) is 10.2 Å². The van der Waals surface area contributed by atoms with Gasteiger partial charge in [0.2, 0.25) is 0 Å². The fraction of sp³-hybridized carbons (Fsp3) is 0.800. The monoisotopic (exact) mass is 312 g/mol. The summed E-state index contributed by atoms with van der Waals surface area (Å²) in [6.45, 7) is 8.20. The van der Waals surface area contributed by atoms with Crippen molar-refractivity contribution in [3.63, 3.8) is 0 Å². The number of hydrogen-bond acceptors (Lipinski definition) is 3. The summed E-state index contributed by atoms with van der Waals surface area (Å²) in [6.07, 6.45) is 1.28. The van der Waals surface area contributed by atoms with E-state index < -0.39 is 18.3 Å². The average molecular weight is 312 g/mol. The highest BCUT2D eigenvalue weighted by Crippen LogP contribution is 2.42. The number of nitrogens with zero attached hydrogens (tertiary/aromatic N) is 1. The fourth-order valence-electron chi connectivity index (χ4n) is 2.48. The molecule has 7 heteroatoms. The lowest BCUT2D eigenvalue weighted by Gasteiger charge is -2.32. The molecule has 1 aliphatic heterocycles. The Bertz CT molecular complexity index is 467. The zero-order chi connectivity index (χ0) is 16.7. The third kappa shape index (κ3) is 3.30. The number of rotatable bonds is 3. The maximum Gasteiger partial charge on any atom is 0.525 e. The van der Waals surface area contributed by atoms with Crippen LogP contribution in [0.1, 0.15) is 40.5 Å². The van der Waals surface area contributed by atoms with Gasteiger partial charge in [-0.25, -0.2) is 9.18 Å². The van der Waals surface area contributed by atoms with Crippen molar-refractivity contribution in [1.29, 1.82) is 0 Å². The second-order valence-electron chi connectivity index (χ2n) is 7.39. The Morgan fingerprint density at radius 2 is 1.77 bits per heavy atom. The first-order valence-electron chi connectivity index (χ1n) is 7.71. The molecule has 124 valence electrons. The molecule has 0 atom stereocenters. The number of hydrogen-bond donors (Lipinski definition) is 1. The fourth-order valence-corrected chi connectivity index (χ4v) is 2.48. The quantitative estimate of drug-likeness (QED) is 0.815. The van der Waals surface area contributed by atoms with Crippen molar-refractivity contribution in [2.75, 3.05) is 20.6 Å². The SMILES string of the molecule is CN(C)C(=O)NCC1CC(=C(F)B2OC(C)(C)C(C)(C)O2)C1. The minimum absolute atomic E-state index is 0.121. The molecule has 0 unspecified atom stereocenters. The highest BCUT2D eigenvalue weighted by atomic mass is 19.1. The zero-order valence-electron chi connectivity index (χ0n) is 14.3. The smallest absolute Gasteiger partial charge is 0.398 e. The van der Waals surface area contributed by atoms with Gasteiger partial charge < -0.3 is 19.5 Å². The number of carbonyl (C=O) groups excluding carboxylic acids is 1. The summed E-state index contributed by atoms with van der Waals surface area (Å²) >= 11 is 0. The molecule has 1 saturated carbocycles. The highest BCUT2D eigenvalue weighted by Gasteiger charge is 2.54. The third-order valence-corrected chi connectivity index (χ3v) is 4.82. The van der Waals surface area contributed by atoms with Crippen LogP contribution in [-0.2, 0) is 9.31 Å². The molecule has 0 aromatic heterocycles. The Morgan fingerprint density at radius 1 is 1.27 bits per heavy atom. The van der Waals surface area contributed by atoms with E-state index in [-0.39, 0.29) is 17.7 Å². The molecule has 1 aliphatic carbocycles. The van der Waals surface area contributed by atoms with Gasteiger partial charge in [-0.2, -0.15) is 0 Å². The second kappa shape index (κ2) is 5.85. The molecule has 0 aromatic rings.